The second kappa shape index (κ2) is 4.38. The number of carboxylic acids is 1. The van der Waals surface area contributed by atoms with Crippen molar-refractivity contribution in [2.45, 2.75) is 12.8 Å². The summed E-state index contributed by atoms with van der Waals surface area (Å²) in [6.45, 7) is 0.369. The summed E-state index contributed by atoms with van der Waals surface area (Å²) in [6.07, 6.45) is 1.40. The summed E-state index contributed by atoms with van der Waals surface area (Å²) in [5.74, 6) is -0.765. The normalized spacial score (nSPS) is 16.0. The number of hydrogen-bond acceptors (Lipinski definition) is 3. The fourth-order valence-corrected chi connectivity index (χ4v) is 2.12. The van der Waals surface area contributed by atoms with Crippen molar-refractivity contribution < 1.29 is 9.90 Å². The van der Waals surface area contributed by atoms with Crippen molar-refractivity contribution in [1.29, 1.82) is 5.26 Å². The Balaban J connectivity index is 2.13. The molecule has 0 unspecified atom stereocenters. The van der Waals surface area contributed by atoms with Gasteiger partial charge in [-0.2, -0.15) is 5.26 Å². The number of nitrogens with one attached hydrogen (secondary N) is 1. The van der Waals surface area contributed by atoms with E-state index in [0.29, 0.717) is 35.1 Å². The van der Waals surface area contributed by atoms with Crippen molar-refractivity contribution in [3.8, 4) is 6.07 Å². The summed E-state index contributed by atoms with van der Waals surface area (Å²) < 4.78 is 0.713. The molecule has 4 nitrogen and oxygen atoms in total. The van der Waals surface area contributed by atoms with Gasteiger partial charge < -0.3 is 10.4 Å². The summed E-state index contributed by atoms with van der Waals surface area (Å²) in [6, 6.07) is 7.47. The first-order valence-corrected chi connectivity index (χ1v) is 6.04. The first-order valence-electron chi connectivity index (χ1n) is 5.25. The highest BCUT2D eigenvalue weighted by atomic mass is 79.9. The second-order valence-corrected chi connectivity index (χ2v) is 5.07. The Kier molecular flexibility index (Phi) is 3.07. The van der Waals surface area contributed by atoms with E-state index in [9.17, 15) is 4.79 Å². The van der Waals surface area contributed by atoms with Gasteiger partial charge in [0.05, 0.1) is 16.7 Å². The van der Waals surface area contributed by atoms with Crippen LogP contribution in [0.3, 0.4) is 0 Å². The van der Waals surface area contributed by atoms with E-state index in [2.05, 4.69) is 27.3 Å². The van der Waals surface area contributed by atoms with Crippen molar-refractivity contribution in [2.75, 3.05) is 11.9 Å². The Labute approximate surface area is 107 Å². The Morgan fingerprint density at radius 2 is 2.29 bits per heavy atom. The fraction of sp³-hybridized carbons (Fsp3) is 0.333. The molecule has 1 aliphatic carbocycles. The number of aliphatic carboxylic acids is 1. The average Bonchev–Trinajstić information content (AvgIpc) is 3.07. The number of carboxylic acid groups (broad SMARTS) is 1. The van der Waals surface area contributed by atoms with Crippen LogP contribution in [-0.4, -0.2) is 17.6 Å². The zero-order valence-electron chi connectivity index (χ0n) is 9.03. The van der Waals surface area contributed by atoms with Crippen molar-refractivity contribution in [2.24, 2.45) is 5.41 Å². The molecule has 2 rings (SSSR count). The minimum absolute atomic E-state index is 0.369. The van der Waals surface area contributed by atoms with E-state index in [-0.39, 0.29) is 0 Å². The monoisotopic (exact) mass is 294 g/mol. The molecule has 1 aromatic rings. The van der Waals surface area contributed by atoms with E-state index in [4.69, 9.17) is 10.4 Å². The van der Waals surface area contributed by atoms with E-state index in [1.807, 2.05) is 6.07 Å². The molecule has 0 atom stereocenters. The van der Waals surface area contributed by atoms with Crippen LogP contribution >= 0.6 is 15.9 Å². The molecule has 88 valence electrons. The van der Waals surface area contributed by atoms with E-state index >= 15 is 0 Å². The molecule has 0 radical (unpaired) electrons. The molecule has 0 saturated heterocycles. The first kappa shape index (κ1) is 11.9. The lowest BCUT2D eigenvalue weighted by atomic mass is 10.1. The topological polar surface area (TPSA) is 73.1 Å². The smallest absolute Gasteiger partial charge is 0.311 e. The molecule has 2 N–H and O–H groups in total. The highest BCUT2D eigenvalue weighted by Gasteiger charge is 2.50. The number of anilines is 1. The predicted molar refractivity (Wildman–Crippen MR) is 66.6 cm³/mol. The van der Waals surface area contributed by atoms with Gasteiger partial charge in [-0.3, -0.25) is 4.79 Å². The van der Waals surface area contributed by atoms with Gasteiger partial charge in [-0.1, -0.05) is 6.07 Å². The molecule has 0 spiro atoms. The number of hydrogen-bond donors (Lipinski definition) is 2. The maximum absolute atomic E-state index is 11.0. The van der Waals surface area contributed by atoms with E-state index in [0.717, 1.165) is 0 Å². The van der Waals surface area contributed by atoms with Gasteiger partial charge in [-0.15, -0.1) is 0 Å². The summed E-state index contributed by atoms with van der Waals surface area (Å²) in [7, 11) is 0. The minimum atomic E-state index is -0.765. The maximum Gasteiger partial charge on any atom is 0.311 e. The van der Waals surface area contributed by atoms with E-state index < -0.39 is 11.4 Å². The third-order valence-corrected chi connectivity index (χ3v) is 3.71. The van der Waals surface area contributed by atoms with Crippen LogP contribution in [0.2, 0.25) is 0 Å². The molecule has 0 amide bonds. The largest absolute Gasteiger partial charge is 0.481 e. The summed E-state index contributed by atoms with van der Waals surface area (Å²) >= 11 is 3.29. The summed E-state index contributed by atoms with van der Waals surface area (Å²) in [5, 5.41) is 21.1. The molecule has 1 saturated carbocycles. The van der Waals surface area contributed by atoms with Gasteiger partial charge >= 0.3 is 5.97 Å². The molecule has 0 aliphatic heterocycles. The molecule has 1 aromatic carbocycles. The van der Waals surface area contributed by atoms with Crippen molar-refractivity contribution in [3.63, 3.8) is 0 Å². The quantitative estimate of drug-likeness (QED) is 0.895. The summed E-state index contributed by atoms with van der Waals surface area (Å²) in [4.78, 5) is 11.0. The highest BCUT2D eigenvalue weighted by molar-refractivity contribution is 9.10. The number of nitrogens with zero attached hydrogens (tertiary/aromatic N) is 1. The third kappa shape index (κ3) is 2.27. The zero-order valence-corrected chi connectivity index (χ0v) is 10.6. The lowest BCUT2D eigenvalue weighted by Gasteiger charge is -2.13. The lowest BCUT2D eigenvalue weighted by Crippen LogP contribution is -2.24. The number of carbonyl (C=O) groups is 1. The van der Waals surface area contributed by atoms with E-state index in [1.165, 1.54) is 0 Å². The van der Waals surface area contributed by atoms with Crippen molar-refractivity contribution in [3.05, 3.63) is 28.2 Å². The molecule has 1 fully saturated rings. The molecular formula is C12H11BrN2O2. The van der Waals surface area contributed by atoms with Crippen LogP contribution < -0.4 is 5.32 Å². The number of rotatable bonds is 4. The van der Waals surface area contributed by atoms with Crippen LogP contribution in [0.5, 0.6) is 0 Å². The summed E-state index contributed by atoms with van der Waals surface area (Å²) in [5.41, 5.74) is 0.553. The van der Waals surface area contributed by atoms with Gasteiger partial charge in [0.2, 0.25) is 0 Å². The molecule has 1 aliphatic rings. The lowest BCUT2D eigenvalue weighted by molar-refractivity contribution is -0.142. The van der Waals surface area contributed by atoms with Gasteiger partial charge in [0.1, 0.15) is 6.07 Å². The van der Waals surface area contributed by atoms with Gasteiger partial charge in [-0.25, -0.2) is 0 Å². The molecular weight excluding hydrogens is 284 g/mol. The van der Waals surface area contributed by atoms with Gasteiger partial charge in [-0.05, 0) is 40.9 Å². The standard InChI is InChI=1S/C12H11BrN2O2/c13-9-2-1-3-10(8(9)6-14)15-7-12(4-5-12)11(16)17/h1-3,15H,4-5,7H2,(H,16,17). The van der Waals surface area contributed by atoms with E-state index in [1.54, 1.807) is 12.1 Å². The van der Waals surface area contributed by atoms with Crippen LogP contribution in [0.25, 0.3) is 0 Å². The molecule has 17 heavy (non-hydrogen) atoms. The number of halogens is 1. The van der Waals surface area contributed by atoms with Crippen molar-refractivity contribution >= 4 is 27.6 Å². The zero-order chi connectivity index (χ0) is 12.5. The predicted octanol–water partition coefficient (Wildman–Crippen LogP) is 2.60. The van der Waals surface area contributed by atoms with Gasteiger partial charge in [0, 0.05) is 11.0 Å². The minimum Gasteiger partial charge on any atom is -0.481 e. The van der Waals surface area contributed by atoms with Crippen LogP contribution in [-0.2, 0) is 4.79 Å². The SMILES string of the molecule is N#Cc1c(Br)cccc1NCC1(C(=O)O)CC1. The number of nitriles is 1. The van der Waals surface area contributed by atoms with Gasteiger partial charge in [0.25, 0.3) is 0 Å². The van der Waals surface area contributed by atoms with Crippen LogP contribution in [0.15, 0.2) is 22.7 Å². The Morgan fingerprint density at radius 1 is 1.59 bits per heavy atom. The van der Waals surface area contributed by atoms with Crippen LogP contribution in [0.4, 0.5) is 5.69 Å². The highest BCUT2D eigenvalue weighted by Crippen LogP contribution is 2.46. The Morgan fingerprint density at radius 3 is 2.82 bits per heavy atom. The number of benzene rings is 1. The molecule has 0 heterocycles. The fourth-order valence-electron chi connectivity index (χ4n) is 1.67. The van der Waals surface area contributed by atoms with Gasteiger partial charge in [0.15, 0.2) is 0 Å². The molecule has 0 aromatic heterocycles. The van der Waals surface area contributed by atoms with Crippen molar-refractivity contribution in [1.82, 2.24) is 0 Å². The first-order chi connectivity index (χ1) is 8.09. The van der Waals surface area contributed by atoms with Crippen LogP contribution in [0, 0.1) is 16.7 Å². The Hall–Kier alpha value is -1.54. The second-order valence-electron chi connectivity index (χ2n) is 4.21. The molecule has 5 heteroatoms. The molecule has 0 bridgehead atoms. The average molecular weight is 295 g/mol. The third-order valence-electron chi connectivity index (χ3n) is 3.05. The van der Waals surface area contributed by atoms with Crippen LogP contribution in [0.1, 0.15) is 18.4 Å². The maximum atomic E-state index is 11.0. The Bertz CT molecular complexity index is 504.